The first kappa shape index (κ1) is 9.48. The molecule has 0 bridgehead atoms. The van der Waals surface area contributed by atoms with E-state index in [4.69, 9.17) is 0 Å². The Balaban J connectivity index is 3.75. The van der Waals surface area contributed by atoms with Crippen molar-refractivity contribution in [2.45, 2.75) is 34.1 Å². The van der Waals surface area contributed by atoms with Gasteiger partial charge in [0.05, 0.1) is 0 Å². The van der Waals surface area contributed by atoms with E-state index in [2.05, 4.69) is 45.9 Å². The van der Waals surface area contributed by atoms with Crippen LogP contribution in [0.5, 0.6) is 0 Å². The van der Waals surface area contributed by atoms with Gasteiger partial charge in [0.1, 0.15) is 0 Å². The minimum atomic E-state index is 0.717. The Kier molecular flexibility index (Phi) is 5.00. The zero-order chi connectivity index (χ0) is 7.98. The maximum atomic E-state index is 2.26. The van der Waals surface area contributed by atoms with Gasteiger partial charge in [-0.3, -0.25) is 0 Å². The van der Waals surface area contributed by atoms with Crippen molar-refractivity contribution in [2.24, 2.45) is 5.92 Å². The van der Waals surface area contributed by atoms with Crippen molar-refractivity contribution in [1.29, 1.82) is 0 Å². The highest BCUT2D eigenvalue weighted by Crippen LogP contribution is 2.04. The molecule has 0 aromatic heterocycles. The van der Waals surface area contributed by atoms with E-state index in [1.165, 1.54) is 12.0 Å². The van der Waals surface area contributed by atoms with Gasteiger partial charge in [0.2, 0.25) is 0 Å². The third-order valence-electron chi connectivity index (χ3n) is 1.79. The van der Waals surface area contributed by atoms with Crippen LogP contribution in [-0.4, -0.2) is 0 Å². The summed E-state index contributed by atoms with van der Waals surface area (Å²) in [6.07, 6.45) is 7.80. The van der Waals surface area contributed by atoms with Crippen molar-refractivity contribution in [2.75, 3.05) is 0 Å². The molecule has 0 N–H and O–H groups in total. The van der Waals surface area contributed by atoms with Crippen molar-refractivity contribution in [1.82, 2.24) is 0 Å². The van der Waals surface area contributed by atoms with Gasteiger partial charge in [-0.1, -0.05) is 44.1 Å². The minimum absolute atomic E-state index is 0.717. The first-order chi connectivity index (χ1) is 4.70. The number of hydrogen-bond acceptors (Lipinski definition) is 0. The van der Waals surface area contributed by atoms with Crippen molar-refractivity contribution >= 4 is 0 Å². The molecule has 0 saturated heterocycles. The Bertz CT molecular complexity index is 129. The fraction of sp³-hybridized carbons (Fsp3) is 0.600. The number of rotatable bonds is 3. The van der Waals surface area contributed by atoms with Crippen LogP contribution in [0.3, 0.4) is 0 Å². The van der Waals surface area contributed by atoms with E-state index >= 15 is 0 Å². The summed E-state index contributed by atoms with van der Waals surface area (Å²) < 4.78 is 0. The lowest BCUT2D eigenvalue weighted by molar-refractivity contribution is 0.698. The van der Waals surface area contributed by atoms with Gasteiger partial charge < -0.3 is 0 Å². The van der Waals surface area contributed by atoms with Crippen LogP contribution in [0.4, 0.5) is 0 Å². The molecule has 0 rings (SSSR count). The van der Waals surface area contributed by atoms with Crippen LogP contribution in [0.2, 0.25) is 0 Å². The largest absolute Gasteiger partial charge is 0.0847 e. The normalized spacial score (nSPS) is 16.2. The van der Waals surface area contributed by atoms with Crippen LogP contribution in [0.15, 0.2) is 23.8 Å². The van der Waals surface area contributed by atoms with Gasteiger partial charge in [0.15, 0.2) is 0 Å². The Hall–Kier alpha value is -0.520. The van der Waals surface area contributed by atoms with Crippen LogP contribution in [0.25, 0.3) is 0 Å². The third-order valence-corrected chi connectivity index (χ3v) is 1.79. The predicted octanol–water partition coefficient (Wildman–Crippen LogP) is 3.55. The van der Waals surface area contributed by atoms with Crippen LogP contribution >= 0.6 is 0 Å². The first-order valence-electron chi connectivity index (χ1n) is 4.01. The highest BCUT2D eigenvalue weighted by atomic mass is 13.9. The van der Waals surface area contributed by atoms with E-state index in [0.29, 0.717) is 0 Å². The number of hydrogen-bond donors (Lipinski definition) is 0. The molecule has 0 aromatic rings. The molecule has 0 saturated carbocycles. The van der Waals surface area contributed by atoms with Gasteiger partial charge in [-0.25, -0.2) is 0 Å². The monoisotopic (exact) mass is 138 g/mol. The lowest BCUT2D eigenvalue weighted by atomic mass is 10.1. The van der Waals surface area contributed by atoms with Crippen LogP contribution in [0.1, 0.15) is 34.1 Å². The van der Waals surface area contributed by atoms with Crippen molar-refractivity contribution in [3.63, 3.8) is 0 Å². The Morgan fingerprint density at radius 1 is 1.50 bits per heavy atom. The molecular weight excluding hydrogens is 120 g/mol. The van der Waals surface area contributed by atoms with Gasteiger partial charge in [-0.05, 0) is 19.8 Å². The van der Waals surface area contributed by atoms with Crippen molar-refractivity contribution in [3.8, 4) is 0 Å². The lowest BCUT2D eigenvalue weighted by Crippen LogP contribution is -1.83. The maximum absolute atomic E-state index is 2.26. The average molecular weight is 138 g/mol. The highest BCUT2D eigenvalue weighted by molar-refractivity contribution is 5.15. The molecule has 0 aromatic carbocycles. The molecule has 58 valence electrons. The molecule has 0 heteroatoms. The summed E-state index contributed by atoms with van der Waals surface area (Å²) in [7, 11) is 0. The molecule has 0 aliphatic carbocycles. The molecule has 0 aliphatic heterocycles. The second-order valence-electron chi connectivity index (χ2n) is 2.78. The molecule has 0 amide bonds. The maximum Gasteiger partial charge on any atom is -0.0261 e. The summed E-state index contributed by atoms with van der Waals surface area (Å²) in [5.74, 6) is 0.717. The van der Waals surface area contributed by atoms with Crippen LogP contribution < -0.4 is 0 Å². The second kappa shape index (κ2) is 5.28. The first-order valence-corrected chi connectivity index (χ1v) is 4.01. The van der Waals surface area contributed by atoms with Crippen molar-refractivity contribution < 1.29 is 0 Å². The Morgan fingerprint density at radius 3 is 2.50 bits per heavy atom. The van der Waals surface area contributed by atoms with Crippen molar-refractivity contribution in [3.05, 3.63) is 23.8 Å². The van der Waals surface area contributed by atoms with E-state index in [1.807, 2.05) is 0 Å². The minimum Gasteiger partial charge on any atom is -0.0847 e. The zero-order valence-corrected chi connectivity index (χ0v) is 7.52. The van der Waals surface area contributed by atoms with E-state index in [1.54, 1.807) is 0 Å². The molecule has 0 aliphatic rings. The summed E-state index contributed by atoms with van der Waals surface area (Å²) in [5.41, 5.74) is 1.35. The van der Waals surface area contributed by atoms with E-state index in [9.17, 15) is 0 Å². The quantitative estimate of drug-likeness (QED) is 0.523. The summed E-state index contributed by atoms with van der Waals surface area (Å²) in [6.45, 7) is 8.63. The molecule has 0 radical (unpaired) electrons. The smallest absolute Gasteiger partial charge is 0.0261 e. The summed E-state index contributed by atoms with van der Waals surface area (Å²) in [6, 6.07) is 0. The molecule has 10 heavy (non-hydrogen) atoms. The average Bonchev–Trinajstić information content (AvgIpc) is 1.99. The third kappa shape index (κ3) is 4.37. The molecule has 0 nitrogen and oxygen atoms in total. The van der Waals surface area contributed by atoms with Gasteiger partial charge in [-0.2, -0.15) is 0 Å². The van der Waals surface area contributed by atoms with Gasteiger partial charge >= 0.3 is 0 Å². The standard InChI is InChI=1S/C10H18/c1-5-9(3)7-8-10(4)6-2/h5,7-8,10H,6H2,1-4H3. The summed E-state index contributed by atoms with van der Waals surface area (Å²) in [5, 5.41) is 0. The fourth-order valence-corrected chi connectivity index (χ4v) is 0.548. The fourth-order valence-electron chi connectivity index (χ4n) is 0.548. The Labute approximate surface area is 64.6 Å². The molecule has 1 atom stereocenters. The van der Waals surface area contributed by atoms with Crippen LogP contribution in [-0.2, 0) is 0 Å². The zero-order valence-electron chi connectivity index (χ0n) is 7.52. The number of allylic oxidation sites excluding steroid dienone is 4. The van der Waals surface area contributed by atoms with E-state index in [0.717, 1.165) is 5.92 Å². The molecule has 1 unspecified atom stereocenters. The van der Waals surface area contributed by atoms with Crippen LogP contribution in [0, 0.1) is 5.92 Å². The SMILES string of the molecule is CC=C(C)C=CC(C)CC. The van der Waals surface area contributed by atoms with E-state index < -0.39 is 0 Å². The summed E-state index contributed by atoms with van der Waals surface area (Å²) in [4.78, 5) is 0. The van der Waals surface area contributed by atoms with E-state index in [-0.39, 0.29) is 0 Å². The molecule has 0 fully saturated rings. The molecule has 0 spiro atoms. The lowest BCUT2D eigenvalue weighted by Gasteiger charge is -1.98. The van der Waals surface area contributed by atoms with Gasteiger partial charge in [-0.15, -0.1) is 0 Å². The van der Waals surface area contributed by atoms with Gasteiger partial charge in [0, 0.05) is 0 Å². The Morgan fingerprint density at radius 2 is 2.10 bits per heavy atom. The summed E-state index contributed by atoms with van der Waals surface area (Å²) >= 11 is 0. The van der Waals surface area contributed by atoms with Gasteiger partial charge in [0.25, 0.3) is 0 Å². The topological polar surface area (TPSA) is 0 Å². The highest BCUT2D eigenvalue weighted by Gasteiger charge is 1.88. The predicted molar refractivity (Wildman–Crippen MR) is 48.0 cm³/mol. The molecule has 0 heterocycles. The second-order valence-corrected chi connectivity index (χ2v) is 2.78. The molecular formula is C10H18.